The molecular weight excluding hydrogens is 309 g/mol. The van der Waals surface area contributed by atoms with Gasteiger partial charge in [0.2, 0.25) is 5.91 Å². The van der Waals surface area contributed by atoms with E-state index >= 15 is 0 Å². The van der Waals surface area contributed by atoms with Crippen LogP contribution in [0.3, 0.4) is 0 Å². The molecule has 1 aromatic rings. The Hall–Kier alpha value is -0.840. The minimum Gasteiger partial charge on any atom is -0.353 e. The summed E-state index contributed by atoms with van der Waals surface area (Å²) >= 11 is 0. The van der Waals surface area contributed by atoms with E-state index in [2.05, 4.69) is 10.3 Å². The molecule has 0 aliphatic heterocycles. The van der Waals surface area contributed by atoms with Gasteiger partial charge < -0.3 is 11.1 Å². The van der Waals surface area contributed by atoms with E-state index in [4.69, 9.17) is 5.73 Å². The number of nitrogens with one attached hydrogen (secondary N) is 1. The Labute approximate surface area is 140 Å². The van der Waals surface area contributed by atoms with Crippen LogP contribution in [0.4, 0.5) is 0 Å². The molecule has 1 amide bonds. The number of amides is 1. The average Bonchev–Trinajstić information content (AvgIpc) is 2.42. The van der Waals surface area contributed by atoms with Gasteiger partial charge in [-0.25, -0.2) is 0 Å². The molecule has 21 heavy (non-hydrogen) atoms. The Morgan fingerprint density at radius 3 is 2.24 bits per heavy atom. The van der Waals surface area contributed by atoms with E-state index in [1.54, 1.807) is 12.4 Å². The maximum Gasteiger partial charge on any atom is 0.227 e. The maximum atomic E-state index is 12.4. The van der Waals surface area contributed by atoms with Gasteiger partial charge in [0.1, 0.15) is 0 Å². The Morgan fingerprint density at radius 1 is 1.29 bits per heavy atom. The molecule has 1 heterocycles. The van der Waals surface area contributed by atoms with E-state index in [9.17, 15) is 4.79 Å². The highest BCUT2D eigenvalue weighted by Gasteiger charge is 2.33. The lowest BCUT2D eigenvalue weighted by Crippen LogP contribution is -2.48. The van der Waals surface area contributed by atoms with Gasteiger partial charge in [0.25, 0.3) is 0 Å². The van der Waals surface area contributed by atoms with Crippen molar-refractivity contribution in [3.05, 3.63) is 30.1 Å². The molecule has 4 nitrogen and oxygen atoms in total. The molecule has 0 aliphatic rings. The molecule has 0 saturated carbocycles. The molecule has 0 aliphatic carbocycles. The van der Waals surface area contributed by atoms with Crippen LogP contribution in [0.5, 0.6) is 0 Å². The molecule has 6 heteroatoms. The standard InChI is InChI=1S/C15H25N3O.2ClH/c1-4-15(5-2,11-16)14(19)18-12(3)10-13-6-8-17-9-7-13;;/h6-9,12H,4-5,10-11,16H2,1-3H3,(H,18,19);2*1H. The average molecular weight is 336 g/mol. The van der Waals surface area contributed by atoms with Crippen LogP contribution in [0.1, 0.15) is 39.2 Å². The van der Waals surface area contributed by atoms with Crippen LogP contribution in [-0.4, -0.2) is 23.5 Å². The first-order valence-electron chi connectivity index (χ1n) is 6.98. The highest BCUT2D eigenvalue weighted by molar-refractivity contribution is 5.85. The van der Waals surface area contributed by atoms with Crippen molar-refractivity contribution in [2.24, 2.45) is 11.1 Å². The fourth-order valence-electron chi connectivity index (χ4n) is 2.25. The molecule has 3 N–H and O–H groups in total. The largest absolute Gasteiger partial charge is 0.353 e. The topological polar surface area (TPSA) is 68.0 Å². The molecule has 0 spiro atoms. The first kappa shape index (κ1) is 22.4. The lowest BCUT2D eigenvalue weighted by molar-refractivity contribution is -0.131. The second-order valence-electron chi connectivity index (χ2n) is 5.13. The number of carbonyl (C=O) groups excluding carboxylic acids is 1. The Balaban J connectivity index is 0. The van der Waals surface area contributed by atoms with Crippen LogP contribution < -0.4 is 11.1 Å². The fraction of sp³-hybridized carbons (Fsp3) is 0.600. The zero-order valence-electron chi connectivity index (χ0n) is 13.0. The van der Waals surface area contributed by atoms with Crippen LogP contribution in [0.25, 0.3) is 0 Å². The third-order valence-corrected chi connectivity index (χ3v) is 3.89. The second-order valence-corrected chi connectivity index (χ2v) is 5.13. The molecular formula is C15H27Cl2N3O. The third-order valence-electron chi connectivity index (χ3n) is 3.89. The molecule has 0 aromatic carbocycles. The van der Waals surface area contributed by atoms with Crippen LogP contribution >= 0.6 is 24.8 Å². The van der Waals surface area contributed by atoms with E-state index in [1.807, 2.05) is 32.9 Å². The molecule has 1 aromatic heterocycles. The summed E-state index contributed by atoms with van der Waals surface area (Å²) in [6.45, 7) is 6.45. The van der Waals surface area contributed by atoms with Gasteiger partial charge in [0.05, 0.1) is 5.41 Å². The van der Waals surface area contributed by atoms with Gasteiger partial charge in [-0.3, -0.25) is 9.78 Å². The van der Waals surface area contributed by atoms with Crippen molar-refractivity contribution in [1.82, 2.24) is 10.3 Å². The number of nitrogens with two attached hydrogens (primary N) is 1. The van der Waals surface area contributed by atoms with E-state index in [-0.39, 0.29) is 36.8 Å². The molecule has 122 valence electrons. The van der Waals surface area contributed by atoms with Crippen LogP contribution in [0, 0.1) is 5.41 Å². The molecule has 0 fully saturated rings. The van der Waals surface area contributed by atoms with Crippen molar-refractivity contribution in [2.45, 2.75) is 46.1 Å². The van der Waals surface area contributed by atoms with Crippen molar-refractivity contribution in [3.63, 3.8) is 0 Å². The van der Waals surface area contributed by atoms with Crippen molar-refractivity contribution in [3.8, 4) is 0 Å². The first-order valence-corrected chi connectivity index (χ1v) is 6.98. The third kappa shape index (κ3) is 6.20. The lowest BCUT2D eigenvalue weighted by Gasteiger charge is -2.30. The van der Waals surface area contributed by atoms with Crippen LogP contribution in [0.15, 0.2) is 24.5 Å². The van der Waals surface area contributed by atoms with Gasteiger partial charge in [0.15, 0.2) is 0 Å². The number of rotatable bonds is 7. The van der Waals surface area contributed by atoms with E-state index in [0.29, 0.717) is 6.54 Å². The summed E-state index contributed by atoms with van der Waals surface area (Å²) in [4.78, 5) is 16.3. The van der Waals surface area contributed by atoms with E-state index < -0.39 is 5.41 Å². The van der Waals surface area contributed by atoms with Crippen molar-refractivity contribution in [1.29, 1.82) is 0 Å². The van der Waals surface area contributed by atoms with Crippen LogP contribution in [-0.2, 0) is 11.2 Å². The molecule has 0 saturated heterocycles. The minimum absolute atomic E-state index is 0. The molecule has 0 radical (unpaired) electrons. The fourth-order valence-corrected chi connectivity index (χ4v) is 2.25. The summed E-state index contributed by atoms with van der Waals surface area (Å²) < 4.78 is 0. The Bertz CT molecular complexity index is 389. The number of halogens is 2. The predicted molar refractivity (Wildman–Crippen MR) is 92.1 cm³/mol. The summed E-state index contributed by atoms with van der Waals surface area (Å²) in [5.41, 5.74) is 6.54. The Kier molecular flexibility index (Phi) is 11.6. The number of hydrogen-bond donors (Lipinski definition) is 2. The monoisotopic (exact) mass is 335 g/mol. The summed E-state index contributed by atoms with van der Waals surface area (Å²) in [6.07, 6.45) is 5.89. The van der Waals surface area contributed by atoms with Crippen molar-refractivity contribution in [2.75, 3.05) is 6.54 Å². The summed E-state index contributed by atoms with van der Waals surface area (Å²) in [5.74, 6) is 0.0709. The lowest BCUT2D eigenvalue weighted by atomic mass is 9.81. The van der Waals surface area contributed by atoms with Gasteiger partial charge in [-0.1, -0.05) is 13.8 Å². The van der Waals surface area contributed by atoms with Gasteiger partial charge in [-0.2, -0.15) is 0 Å². The zero-order chi connectivity index (χ0) is 14.3. The quantitative estimate of drug-likeness (QED) is 0.804. The summed E-state index contributed by atoms with van der Waals surface area (Å²) in [6, 6.07) is 4.04. The SMILES string of the molecule is CCC(CC)(CN)C(=O)NC(C)Cc1ccncc1.Cl.Cl. The summed E-state index contributed by atoms with van der Waals surface area (Å²) in [5, 5.41) is 3.08. The minimum atomic E-state index is -0.424. The number of pyridine rings is 1. The molecule has 1 atom stereocenters. The van der Waals surface area contributed by atoms with Crippen molar-refractivity contribution < 1.29 is 4.79 Å². The van der Waals surface area contributed by atoms with Crippen molar-refractivity contribution >= 4 is 30.7 Å². The first-order chi connectivity index (χ1) is 9.07. The van der Waals surface area contributed by atoms with E-state index in [0.717, 1.165) is 19.3 Å². The van der Waals surface area contributed by atoms with Gasteiger partial charge >= 0.3 is 0 Å². The molecule has 1 rings (SSSR count). The molecule has 1 unspecified atom stereocenters. The highest BCUT2D eigenvalue weighted by atomic mass is 35.5. The second kappa shape index (κ2) is 10.8. The van der Waals surface area contributed by atoms with Gasteiger partial charge in [-0.15, -0.1) is 24.8 Å². The number of hydrogen-bond acceptors (Lipinski definition) is 3. The van der Waals surface area contributed by atoms with Gasteiger partial charge in [0, 0.05) is 25.0 Å². The Morgan fingerprint density at radius 2 is 1.81 bits per heavy atom. The van der Waals surface area contributed by atoms with E-state index in [1.165, 1.54) is 5.56 Å². The number of carbonyl (C=O) groups is 1. The maximum absolute atomic E-state index is 12.4. The normalized spacial score (nSPS) is 11.8. The predicted octanol–water partition coefficient (Wildman–Crippen LogP) is 2.74. The highest BCUT2D eigenvalue weighted by Crippen LogP contribution is 2.25. The summed E-state index contributed by atoms with van der Waals surface area (Å²) in [7, 11) is 0. The van der Waals surface area contributed by atoms with Gasteiger partial charge in [-0.05, 0) is 43.9 Å². The van der Waals surface area contributed by atoms with Crippen LogP contribution in [0.2, 0.25) is 0 Å². The smallest absolute Gasteiger partial charge is 0.227 e. The molecule has 0 bridgehead atoms. The zero-order valence-corrected chi connectivity index (χ0v) is 14.6. The number of nitrogens with zero attached hydrogens (tertiary/aromatic N) is 1. The number of aromatic nitrogens is 1.